The van der Waals surface area contributed by atoms with E-state index in [0.717, 1.165) is 25.2 Å². The van der Waals surface area contributed by atoms with Gasteiger partial charge in [0.05, 0.1) is 4.92 Å². The number of nitrogens with one attached hydrogen (secondary N) is 2. The van der Waals surface area contributed by atoms with Crippen LogP contribution < -0.4 is 10.6 Å². The van der Waals surface area contributed by atoms with Crippen molar-refractivity contribution in [2.24, 2.45) is 0 Å². The third kappa shape index (κ3) is 5.42. The molecule has 0 fully saturated rings. The van der Waals surface area contributed by atoms with E-state index >= 15 is 0 Å². The zero-order valence-corrected chi connectivity index (χ0v) is 20.6. The number of nitro benzene ring substituents is 1. The maximum absolute atomic E-state index is 12.9. The number of nitrogens with zero attached hydrogens (tertiary/aromatic N) is 5. The Bertz CT molecular complexity index is 1520. The van der Waals surface area contributed by atoms with Crippen molar-refractivity contribution < 1.29 is 14.5 Å². The van der Waals surface area contributed by atoms with E-state index in [2.05, 4.69) is 38.7 Å². The third-order valence-corrected chi connectivity index (χ3v) is 6.41. The minimum absolute atomic E-state index is 0.132. The summed E-state index contributed by atoms with van der Waals surface area (Å²) in [7, 11) is 2.08. The maximum Gasteiger partial charge on any atom is 0.295 e. The van der Waals surface area contributed by atoms with Crippen LogP contribution in [0.2, 0.25) is 0 Å². The van der Waals surface area contributed by atoms with Crippen LogP contribution in [0.1, 0.15) is 37.4 Å². The molecular formula is C27H25N7O4. The number of hydrogen-bond donors (Lipinski definition) is 2. The highest BCUT2D eigenvalue weighted by molar-refractivity contribution is 6.04. The molecule has 0 spiro atoms. The van der Waals surface area contributed by atoms with Gasteiger partial charge >= 0.3 is 0 Å². The van der Waals surface area contributed by atoms with Gasteiger partial charge in [0, 0.05) is 42.5 Å². The molecule has 5 rings (SSSR count). The highest BCUT2D eigenvalue weighted by atomic mass is 16.6. The Morgan fingerprint density at radius 3 is 2.66 bits per heavy atom. The SMILES string of the molecule is CN1CCc2ccc(NC(=O)c3cccc(CNC(=O)c4ccc(-n5cncn5)c([N+](=O)[O-])c4)c3)cc2C1. The van der Waals surface area contributed by atoms with E-state index in [0.29, 0.717) is 11.1 Å². The molecule has 0 saturated carbocycles. The van der Waals surface area contributed by atoms with E-state index in [1.807, 2.05) is 12.1 Å². The first-order valence-electron chi connectivity index (χ1n) is 12.0. The molecule has 1 aliphatic heterocycles. The first-order valence-corrected chi connectivity index (χ1v) is 12.0. The third-order valence-electron chi connectivity index (χ3n) is 6.41. The lowest BCUT2D eigenvalue weighted by atomic mass is 9.99. The van der Waals surface area contributed by atoms with Crippen LogP contribution in [0.25, 0.3) is 5.69 Å². The molecule has 0 radical (unpaired) electrons. The Balaban J connectivity index is 1.24. The first-order chi connectivity index (χ1) is 18.4. The molecule has 0 aliphatic carbocycles. The van der Waals surface area contributed by atoms with Crippen LogP contribution in [0.15, 0.2) is 73.3 Å². The monoisotopic (exact) mass is 511 g/mol. The molecule has 192 valence electrons. The van der Waals surface area contributed by atoms with Gasteiger partial charge in [0.1, 0.15) is 18.3 Å². The average Bonchev–Trinajstić information content (AvgIpc) is 3.46. The van der Waals surface area contributed by atoms with Crippen LogP contribution in [0.5, 0.6) is 0 Å². The van der Waals surface area contributed by atoms with Gasteiger partial charge in [-0.25, -0.2) is 9.67 Å². The van der Waals surface area contributed by atoms with E-state index in [4.69, 9.17) is 0 Å². The van der Waals surface area contributed by atoms with Gasteiger partial charge in [-0.3, -0.25) is 19.7 Å². The van der Waals surface area contributed by atoms with Crippen LogP contribution in [0.4, 0.5) is 11.4 Å². The number of benzene rings is 3. The van der Waals surface area contributed by atoms with Gasteiger partial charge in [0.2, 0.25) is 0 Å². The van der Waals surface area contributed by atoms with Crippen LogP contribution in [0, 0.1) is 10.1 Å². The van der Waals surface area contributed by atoms with Crippen molar-refractivity contribution in [1.82, 2.24) is 25.0 Å². The van der Waals surface area contributed by atoms with Crippen molar-refractivity contribution in [2.75, 3.05) is 18.9 Å². The number of aromatic nitrogens is 3. The molecule has 2 amide bonds. The Kier molecular flexibility index (Phi) is 6.92. The van der Waals surface area contributed by atoms with Crippen LogP contribution in [-0.4, -0.2) is 50.0 Å². The highest BCUT2D eigenvalue weighted by Crippen LogP contribution is 2.24. The summed E-state index contributed by atoms with van der Waals surface area (Å²) in [5.74, 6) is -0.728. The molecule has 1 aromatic heterocycles. The molecule has 11 nitrogen and oxygen atoms in total. The van der Waals surface area contributed by atoms with Gasteiger partial charge < -0.3 is 15.5 Å². The molecule has 3 aromatic carbocycles. The zero-order valence-electron chi connectivity index (χ0n) is 20.6. The van der Waals surface area contributed by atoms with Crippen LogP contribution in [0.3, 0.4) is 0 Å². The fourth-order valence-corrected chi connectivity index (χ4v) is 4.42. The fraction of sp³-hybridized carbons (Fsp3) is 0.185. The number of carbonyl (C=O) groups is 2. The van der Waals surface area contributed by atoms with Gasteiger partial charge in [-0.05, 0) is 66.6 Å². The Morgan fingerprint density at radius 2 is 1.87 bits per heavy atom. The predicted molar refractivity (Wildman–Crippen MR) is 140 cm³/mol. The molecule has 2 N–H and O–H groups in total. The lowest BCUT2D eigenvalue weighted by molar-refractivity contribution is -0.384. The number of nitro groups is 1. The standard InChI is InChI=1S/C27H25N7O4/c1-32-10-9-19-5-7-23(12-22(19)15-32)31-27(36)20-4-2-3-18(11-20)14-29-26(35)21-6-8-24(25(13-21)34(37)38)33-17-28-16-30-33/h2-8,11-13,16-17H,9-10,14-15H2,1H3,(H,29,35)(H,31,36). The summed E-state index contributed by atoms with van der Waals surface area (Å²) < 4.78 is 1.26. The number of fused-ring (bicyclic) bond motifs is 1. The molecule has 0 saturated heterocycles. The number of anilines is 1. The van der Waals surface area contributed by atoms with Gasteiger partial charge in [-0.1, -0.05) is 18.2 Å². The maximum atomic E-state index is 12.9. The summed E-state index contributed by atoms with van der Waals surface area (Å²) in [6.45, 7) is 2.01. The van der Waals surface area contributed by atoms with Crippen molar-refractivity contribution in [3.05, 3.63) is 111 Å². The molecule has 1 aliphatic rings. The minimum atomic E-state index is -0.573. The van der Waals surface area contributed by atoms with Gasteiger partial charge in [-0.2, -0.15) is 5.10 Å². The van der Waals surface area contributed by atoms with E-state index in [-0.39, 0.29) is 29.4 Å². The number of carbonyl (C=O) groups excluding carboxylic acids is 2. The van der Waals surface area contributed by atoms with E-state index in [1.54, 1.807) is 24.3 Å². The summed E-state index contributed by atoms with van der Waals surface area (Å²) in [6, 6.07) is 17.1. The summed E-state index contributed by atoms with van der Waals surface area (Å²) in [4.78, 5) is 42.7. The van der Waals surface area contributed by atoms with Crippen LogP contribution >= 0.6 is 0 Å². The summed E-state index contributed by atoms with van der Waals surface area (Å²) in [5, 5.41) is 21.2. The second kappa shape index (κ2) is 10.6. The van der Waals surface area contributed by atoms with Crippen molar-refractivity contribution in [2.45, 2.75) is 19.5 Å². The minimum Gasteiger partial charge on any atom is -0.348 e. The van der Waals surface area contributed by atoms with E-state index in [9.17, 15) is 19.7 Å². The number of hydrogen-bond acceptors (Lipinski definition) is 7. The van der Waals surface area contributed by atoms with Gasteiger partial charge in [0.25, 0.3) is 17.5 Å². The second-order valence-electron chi connectivity index (χ2n) is 9.11. The van der Waals surface area contributed by atoms with Crippen molar-refractivity contribution in [3.8, 4) is 5.69 Å². The quantitative estimate of drug-likeness (QED) is 0.287. The summed E-state index contributed by atoms with van der Waals surface area (Å²) in [6.07, 6.45) is 3.60. The number of likely N-dealkylation sites (N-methyl/N-ethyl adjacent to an activating group) is 1. The van der Waals surface area contributed by atoms with Crippen molar-refractivity contribution in [1.29, 1.82) is 0 Å². The number of rotatable bonds is 7. The molecule has 2 heterocycles. The van der Waals surface area contributed by atoms with E-state index < -0.39 is 10.8 Å². The second-order valence-corrected chi connectivity index (χ2v) is 9.11. The molecule has 38 heavy (non-hydrogen) atoms. The van der Waals surface area contributed by atoms with Gasteiger partial charge in [0.15, 0.2) is 0 Å². The first kappa shape index (κ1) is 24.8. The average molecular weight is 512 g/mol. The Hall–Kier alpha value is -4.90. The Morgan fingerprint density at radius 1 is 1.03 bits per heavy atom. The number of amides is 2. The smallest absolute Gasteiger partial charge is 0.295 e. The Labute approximate surface area is 218 Å². The molecule has 11 heteroatoms. The fourth-order valence-electron chi connectivity index (χ4n) is 4.42. The predicted octanol–water partition coefficient (Wildman–Crippen LogP) is 3.35. The molecule has 0 atom stereocenters. The van der Waals surface area contributed by atoms with Crippen molar-refractivity contribution >= 4 is 23.2 Å². The zero-order chi connectivity index (χ0) is 26.6. The molecular weight excluding hydrogens is 486 g/mol. The van der Waals surface area contributed by atoms with Gasteiger partial charge in [-0.15, -0.1) is 0 Å². The topological polar surface area (TPSA) is 135 Å². The van der Waals surface area contributed by atoms with Crippen molar-refractivity contribution in [3.63, 3.8) is 0 Å². The molecule has 0 bridgehead atoms. The molecule has 4 aromatic rings. The lowest BCUT2D eigenvalue weighted by Gasteiger charge is -2.25. The van der Waals surface area contributed by atoms with E-state index in [1.165, 1.54) is 46.7 Å². The lowest BCUT2D eigenvalue weighted by Crippen LogP contribution is -2.26. The van der Waals surface area contributed by atoms with Crippen LogP contribution in [-0.2, 0) is 19.5 Å². The molecule has 0 unspecified atom stereocenters. The summed E-state index contributed by atoms with van der Waals surface area (Å²) in [5.41, 5.74) is 4.49. The normalized spacial score (nSPS) is 13.0. The summed E-state index contributed by atoms with van der Waals surface area (Å²) >= 11 is 0. The highest BCUT2D eigenvalue weighted by Gasteiger charge is 2.20. The largest absolute Gasteiger partial charge is 0.348 e.